The molecule has 1 N–H and O–H groups in total. The summed E-state index contributed by atoms with van der Waals surface area (Å²) in [5.41, 5.74) is 1.82. The SMILES string of the molecule is CC[C@@H](CNC(=O)[C@@H](C)OC(=O)c1cc(C(C)=O)cn1C)c1ccccc1. The molecule has 1 aromatic carbocycles. The van der Waals surface area contributed by atoms with Crippen molar-refractivity contribution in [1.82, 2.24) is 9.88 Å². The molecule has 6 nitrogen and oxygen atoms in total. The number of esters is 1. The van der Waals surface area contributed by atoms with E-state index < -0.39 is 12.1 Å². The fourth-order valence-electron chi connectivity index (χ4n) is 2.83. The summed E-state index contributed by atoms with van der Waals surface area (Å²) in [6.45, 7) is 5.50. The van der Waals surface area contributed by atoms with E-state index in [1.165, 1.54) is 24.5 Å². The lowest BCUT2D eigenvalue weighted by Crippen LogP contribution is -2.38. The summed E-state index contributed by atoms with van der Waals surface area (Å²) in [5, 5.41) is 2.85. The molecule has 1 heterocycles. The smallest absolute Gasteiger partial charge is 0.355 e. The summed E-state index contributed by atoms with van der Waals surface area (Å²) < 4.78 is 6.78. The minimum atomic E-state index is -0.929. The van der Waals surface area contributed by atoms with E-state index >= 15 is 0 Å². The highest BCUT2D eigenvalue weighted by atomic mass is 16.5. The molecule has 2 aromatic rings. The van der Waals surface area contributed by atoms with Gasteiger partial charge in [-0.25, -0.2) is 4.79 Å². The normalized spacial score (nSPS) is 12.9. The van der Waals surface area contributed by atoms with Crippen molar-refractivity contribution in [3.05, 3.63) is 59.4 Å². The van der Waals surface area contributed by atoms with Crippen LogP contribution < -0.4 is 5.32 Å². The van der Waals surface area contributed by atoms with Crippen molar-refractivity contribution in [2.45, 2.75) is 39.2 Å². The second kappa shape index (κ2) is 9.16. The van der Waals surface area contributed by atoms with E-state index in [1.54, 1.807) is 13.2 Å². The Labute approximate surface area is 159 Å². The highest BCUT2D eigenvalue weighted by molar-refractivity contribution is 5.98. The molecule has 0 unspecified atom stereocenters. The quantitative estimate of drug-likeness (QED) is 0.572. The largest absolute Gasteiger partial charge is 0.448 e. The fourth-order valence-corrected chi connectivity index (χ4v) is 2.83. The second-order valence-corrected chi connectivity index (χ2v) is 6.59. The average molecular weight is 370 g/mol. The van der Waals surface area contributed by atoms with Gasteiger partial charge in [0, 0.05) is 31.3 Å². The Kier molecular flexibility index (Phi) is 6.93. The summed E-state index contributed by atoms with van der Waals surface area (Å²) in [4.78, 5) is 36.0. The summed E-state index contributed by atoms with van der Waals surface area (Å²) in [6, 6.07) is 11.4. The molecule has 1 aromatic heterocycles. The molecule has 0 aliphatic rings. The molecular formula is C21H26N2O4. The molecule has 0 spiro atoms. The number of hydrogen-bond acceptors (Lipinski definition) is 4. The first-order chi connectivity index (χ1) is 12.8. The number of nitrogens with one attached hydrogen (secondary N) is 1. The van der Waals surface area contributed by atoms with Crippen LogP contribution in [0.4, 0.5) is 0 Å². The lowest BCUT2D eigenvalue weighted by Gasteiger charge is -2.18. The van der Waals surface area contributed by atoms with Crippen LogP contribution in [0.1, 0.15) is 59.5 Å². The summed E-state index contributed by atoms with van der Waals surface area (Å²) in [6.07, 6.45) is 1.52. The van der Waals surface area contributed by atoms with Gasteiger partial charge in [-0.3, -0.25) is 9.59 Å². The van der Waals surface area contributed by atoms with E-state index in [4.69, 9.17) is 4.74 Å². The molecule has 144 valence electrons. The van der Waals surface area contributed by atoms with E-state index in [2.05, 4.69) is 12.2 Å². The number of carbonyl (C=O) groups is 3. The van der Waals surface area contributed by atoms with Crippen LogP contribution in [-0.2, 0) is 16.6 Å². The van der Waals surface area contributed by atoms with Crippen LogP contribution in [0.3, 0.4) is 0 Å². The minimum Gasteiger partial charge on any atom is -0.448 e. The molecule has 0 aliphatic heterocycles. The average Bonchev–Trinajstić information content (AvgIpc) is 3.05. The van der Waals surface area contributed by atoms with Crippen LogP contribution in [0, 0.1) is 0 Å². The van der Waals surface area contributed by atoms with Gasteiger partial charge in [-0.1, -0.05) is 37.3 Å². The van der Waals surface area contributed by atoms with Gasteiger partial charge in [0.1, 0.15) is 5.69 Å². The van der Waals surface area contributed by atoms with E-state index in [1.807, 2.05) is 30.3 Å². The first-order valence-electron chi connectivity index (χ1n) is 9.04. The van der Waals surface area contributed by atoms with Crippen LogP contribution in [-0.4, -0.2) is 34.9 Å². The summed E-state index contributed by atoms with van der Waals surface area (Å²) in [7, 11) is 1.65. The number of hydrogen-bond donors (Lipinski definition) is 1. The maximum atomic E-state index is 12.3. The number of ketones is 1. The van der Waals surface area contributed by atoms with Crippen molar-refractivity contribution in [2.75, 3.05) is 6.54 Å². The van der Waals surface area contributed by atoms with E-state index in [-0.39, 0.29) is 23.3 Å². The van der Waals surface area contributed by atoms with Gasteiger partial charge in [0.2, 0.25) is 0 Å². The standard InChI is InChI=1S/C21H26N2O4/c1-5-16(17-9-7-6-8-10-17)12-22-20(25)15(3)27-21(26)19-11-18(14(2)24)13-23(19)4/h6-11,13,15-16H,5,12H2,1-4H3,(H,22,25)/t15-,16+/m1/s1. The highest BCUT2D eigenvalue weighted by Gasteiger charge is 2.22. The first-order valence-corrected chi connectivity index (χ1v) is 9.04. The third kappa shape index (κ3) is 5.29. The zero-order valence-corrected chi connectivity index (χ0v) is 16.2. The third-order valence-corrected chi connectivity index (χ3v) is 4.56. The van der Waals surface area contributed by atoms with Crippen molar-refractivity contribution in [3.63, 3.8) is 0 Å². The molecule has 0 radical (unpaired) electrons. The molecule has 0 fully saturated rings. The lowest BCUT2D eigenvalue weighted by atomic mass is 9.96. The molecule has 6 heteroatoms. The van der Waals surface area contributed by atoms with Gasteiger partial charge < -0.3 is 14.6 Å². The van der Waals surface area contributed by atoms with Crippen molar-refractivity contribution >= 4 is 17.7 Å². The van der Waals surface area contributed by atoms with Gasteiger partial charge in [0.25, 0.3) is 5.91 Å². The fraction of sp³-hybridized carbons (Fsp3) is 0.381. The highest BCUT2D eigenvalue weighted by Crippen LogP contribution is 2.18. The number of aryl methyl sites for hydroxylation is 1. The van der Waals surface area contributed by atoms with Crippen LogP contribution in [0.15, 0.2) is 42.6 Å². The Balaban J connectivity index is 1.93. The Morgan fingerprint density at radius 3 is 2.41 bits per heavy atom. The molecule has 0 saturated heterocycles. The molecule has 2 rings (SSSR count). The van der Waals surface area contributed by atoms with Crippen molar-refractivity contribution in [2.24, 2.45) is 7.05 Å². The van der Waals surface area contributed by atoms with Gasteiger partial charge in [-0.05, 0) is 31.9 Å². The van der Waals surface area contributed by atoms with Crippen LogP contribution in [0.25, 0.3) is 0 Å². The number of carbonyl (C=O) groups excluding carboxylic acids is 3. The van der Waals surface area contributed by atoms with Crippen molar-refractivity contribution in [3.8, 4) is 0 Å². The number of nitrogens with zero attached hydrogens (tertiary/aromatic N) is 1. The minimum absolute atomic E-state index is 0.137. The number of benzene rings is 1. The lowest BCUT2D eigenvalue weighted by molar-refractivity contribution is -0.129. The molecule has 0 saturated carbocycles. The molecule has 1 amide bonds. The van der Waals surface area contributed by atoms with E-state index in [0.717, 1.165) is 12.0 Å². The van der Waals surface area contributed by atoms with Gasteiger partial charge in [0.05, 0.1) is 0 Å². The predicted octanol–water partition coefficient (Wildman–Crippen LogP) is 3.08. The molecule has 2 atom stereocenters. The topological polar surface area (TPSA) is 77.4 Å². The van der Waals surface area contributed by atoms with Gasteiger partial charge in [-0.15, -0.1) is 0 Å². The third-order valence-electron chi connectivity index (χ3n) is 4.56. The number of ether oxygens (including phenoxy) is 1. The predicted molar refractivity (Wildman–Crippen MR) is 103 cm³/mol. The Hall–Kier alpha value is -2.89. The zero-order chi connectivity index (χ0) is 20.0. The maximum absolute atomic E-state index is 12.3. The van der Waals surface area contributed by atoms with Crippen molar-refractivity contribution in [1.29, 1.82) is 0 Å². The Morgan fingerprint density at radius 1 is 1.19 bits per heavy atom. The Bertz CT molecular complexity index is 811. The monoisotopic (exact) mass is 370 g/mol. The zero-order valence-electron chi connectivity index (χ0n) is 16.2. The van der Waals surface area contributed by atoms with Gasteiger partial charge >= 0.3 is 5.97 Å². The summed E-state index contributed by atoms with van der Waals surface area (Å²) >= 11 is 0. The van der Waals surface area contributed by atoms with E-state index in [0.29, 0.717) is 12.1 Å². The second-order valence-electron chi connectivity index (χ2n) is 6.59. The summed E-state index contributed by atoms with van der Waals surface area (Å²) in [5.74, 6) is -0.924. The van der Waals surface area contributed by atoms with Crippen LogP contribution in [0.5, 0.6) is 0 Å². The van der Waals surface area contributed by atoms with Crippen LogP contribution in [0.2, 0.25) is 0 Å². The molecule has 0 bridgehead atoms. The molecule has 27 heavy (non-hydrogen) atoms. The maximum Gasteiger partial charge on any atom is 0.355 e. The first kappa shape index (κ1) is 20.4. The van der Waals surface area contributed by atoms with Crippen LogP contribution >= 0.6 is 0 Å². The number of amides is 1. The number of Topliss-reactive ketones (excluding diaryl/α,β-unsaturated/α-hetero) is 1. The number of rotatable bonds is 8. The van der Waals surface area contributed by atoms with Crippen molar-refractivity contribution < 1.29 is 19.1 Å². The molecular weight excluding hydrogens is 344 g/mol. The van der Waals surface area contributed by atoms with E-state index in [9.17, 15) is 14.4 Å². The Morgan fingerprint density at radius 2 is 1.85 bits per heavy atom. The number of aromatic nitrogens is 1. The van der Waals surface area contributed by atoms with Gasteiger partial charge in [0.15, 0.2) is 11.9 Å². The molecule has 0 aliphatic carbocycles. The van der Waals surface area contributed by atoms with Gasteiger partial charge in [-0.2, -0.15) is 0 Å².